The van der Waals surface area contributed by atoms with Crippen molar-refractivity contribution >= 4 is 11.5 Å². The Kier molecular flexibility index (Phi) is 27.1. The second-order valence-corrected chi connectivity index (χ2v) is 6.76. The van der Waals surface area contributed by atoms with E-state index in [1.807, 2.05) is 18.2 Å². The third-order valence-electron chi connectivity index (χ3n) is 4.90. The number of nitrogens with zero attached hydrogens (tertiary/aromatic N) is 1. The number of allylic oxidation sites excluding steroid dienone is 2. The second kappa shape index (κ2) is 26.9. The number of ether oxygens (including phenoxy) is 1. The van der Waals surface area contributed by atoms with Gasteiger partial charge in [-0.25, -0.2) is 0 Å². The van der Waals surface area contributed by atoms with E-state index >= 15 is 0 Å². The Bertz CT molecular complexity index is 1210. The molecule has 0 bridgehead atoms. The van der Waals surface area contributed by atoms with Gasteiger partial charge in [-0.05, 0) is 11.6 Å². The van der Waals surface area contributed by atoms with Crippen LogP contribution in [0.1, 0.15) is 22.6 Å². The molecule has 3 aromatic carbocycles. The first-order valence-corrected chi connectivity index (χ1v) is 10.5. The van der Waals surface area contributed by atoms with Gasteiger partial charge in [0.05, 0.1) is 7.11 Å². The van der Waals surface area contributed by atoms with E-state index in [1.165, 1.54) is 11.1 Å². The SMILES string of the molecule is COC1=[N+](Cc2ccccc2)C=CC(c2ccccc2)C(c2ccccc2)=[C-]1.[C-]#[O+].[C-]#[O+].[C-]#[O+].[C-]#[O+].[C-]#[O+].[Cr]. The Balaban J connectivity index is -0.00000106. The van der Waals surface area contributed by atoms with Crippen LogP contribution in [0.5, 0.6) is 0 Å². The summed E-state index contributed by atoms with van der Waals surface area (Å²) in [6.07, 6.45) is 7.93. The van der Waals surface area contributed by atoms with E-state index in [1.54, 1.807) is 7.11 Å². The van der Waals surface area contributed by atoms with Crippen LogP contribution in [0.25, 0.3) is 5.57 Å². The molecule has 0 radical (unpaired) electrons. The second-order valence-electron chi connectivity index (χ2n) is 6.76. The monoisotopic (exact) mass is 557 g/mol. The molecule has 0 N–H and O–H groups in total. The van der Waals surface area contributed by atoms with Gasteiger partial charge in [-0.3, -0.25) is 0 Å². The molecule has 1 aliphatic rings. The predicted molar refractivity (Wildman–Crippen MR) is 133 cm³/mol. The van der Waals surface area contributed by atoms with Crippen molar-refractivity contribution in [1.82, 2.24) is 0 Å². The minimum absolute atomic E-state index is 0. The molecular weight excluding hydrogens is 534 g/mol. The summed E-state index contributed by atoms with van der Waals surface area (Å²) < 4.78 is 45.4. The minimum Gasteiger partial charge on any atom is 0 e. The average Bonchev–Trinajstić information content (AvgIpc) is 3.23. The van der Waals surface area contributed by atoms with Gasteiger partial charge in [0.1, 0.15) is 0 Å². The van der Waals surface area contributed by atoms with Gasteiger partial charge in [0.25, 0.3) is 5.90 Å². The number of hydrogen-bond donors (Lipinski definition) is 0. The van der Waals surface area contributed by atoms with Crippen LogP contribution in [-0.2, 0) is 51.9 Å². The number of methoxy groups -OCH3 is 1. The Hall–Kier alpha value is -4.16. The third-order valence-corrected chi connectivity index (χ3v) is 4.90. The van der Waals surface area contributed by atoms with E-state index in [2.05, 4.69) is 129 Å². The zero-order valence-electron chi connectivity index (χ0n) is 20.9. The maximum absolute atomic E-state index is 7.50. The molecule has 7 nitrogen and oxygen atoms in total. The van der Waals surface area contributed by atoms with Crippen LogP contribution >= 0.6 is 0 Å². The van der Waals surface area contributed by atoms with Gasteiger partial charge in [-0.2, -0.15) is 15.7 Å². The van der Waals surface area contributed by atoms with Crippen molar-refractivity contribution in [1.29, 1.82) is 0 Å². The Morgan fingerprint density at radius 1 is 0.692 bits per heavy atom. The molecular formula is C31H23CrNO6. The Labute approximate surface area is 239 Å². The first kappa shape index (κ1) is 39.4. The molecule has 0 saturated heterocycles. The van der Waals surface area contributed by atoms with Gasteiger partial charge >= 0.3 is 56.5 Å². The fourth-order valence-electron chi connectivity index (χ4n) is 3.50. The predicted octanol–water partition coefficient (Wildman–Crippen LogP) is 5.25. The molecule has 1 unspecified atom stereocenters. The summed E-state index contributed by atoms with van der Waals surface area (Å²) in [5, 5.41) is 0. The molecule has 0 spiro atoms. The van der Waals surface area contributed by atoms with Crippen molar-refractivity contribution in [3.05, 3.63) is 159 Å². The molecule has 1 atom stereocenters. The minimum atomic E-state index is 0. The van der Waals surface area contributed by atoms with Crippen molar-refractivity contribution in [2.24, 2.45) is 0 Å². The van der Waals surface area contributed by atoms with Gasteiger partial charge in [-0.1, -0.05) is 78.9 Å². The summed E-state index contributed by atoms with van der Waals surface area (Å²) in [6.45, 7) is 23.2. The van der Waals surface area contributed by atoms with E-state index in [0.717, 1.165) is 23.6 Å². The Morgan fingerprint density at radius 3 is 1.59 bits per heavy atom. The number of rotatable bonds is 4. The number of hydrogen-bond acceptors (Lipinski definition) is 1. The molecule has 0 aliphatic carbocycles. The molecule has 1 heterocycles. The van der Waals surface area contributed by atoms with Crippen LogP contribution in [0, 0.1) is 39.3 Å². The quantitative estimate of drug-likeness (QED) is 0.244. The largest absolute Gasteiger partial charge is 0 e. The van der Waals surface area contributed by atoms with E-state index < -0.39 is 0 Å². The first-order valence-electron chi connectivity index (χ1n) is 10.5. The summed E-state index contributed by atoms with van der Waals surface area (Å²) in [5.41, 5.74) is 4.72. The molecule has 4 rings (SSSR count). The molecule has 0 amide bonds. The third kappa shape index (κ3) is 13.3. The van der Waals surface area contributed by atoms with Crippen molar-refractivity contribution in [2.75, 3.05) is 7.11 Å². The fraction of sp³-hybridized carbons (Fsp3) is 0.0968. The molecule has 0 aromatic heterocycles. The summed E-state index contributed by atoms with van der Waals surface area (Å²) in [4.78, 5) is 0. The molecule has 8 heteroatoms. The van der Waals surface area contributed by atoms with E-state index in [-0.39, 0.29) is 23.3 Å². The number of benzene rings is 3. The first-order chi connectivity index (χ1) is 18.8. The van der Waals surface area contributed by atoms with Crippen LogP contribution in [0.15, 0.2) is 103 Å². The van der Waals surface area contributed by atoms with Gasteiger partial charge in [0.2, 0.25) is 0 Å². The smallest absolute Gasteiger partial charge is 0 e. The normalized spacial score (nSPS) is 12.1. The van der Waals surface area contributed by atoms with Crippen LogP contribution < -0.4 is 0 Å². The van der Waals surface area contributed by atoms with Crippen LogP contribution in [0.2, 0.25) is 0 Å². The van der Waals surface area contributed by atoms with Crippen LogP contribution in [0.4, 0.5) is 0 Å². The molecule has 3 aromatic rings. The summed E-state index contributed by atoms with van der Waals surface area (Å²) in [6, 6.07) is 31.4. The van der Waals surface area contributed by atoms with Crippen LogP contribution in [0.3, 0.4) is 0 Å². The maximum atomic E-state index is 7.50. The Morgan fingerprint density at radius 2 is 1.13 bits per heavy atom. The molecule has 0 saturated carbocycles. The topological polar surface area (TPSA) is 112 Å². The molecule has 1 aliphatic heterocycles. The standard InChI is InChI=1S/C26H23NO.5CO.Cr/c1-28-26-19-25(23-15-9-4-10-16-23)24(22-13-7-3-8-14-22)17-18-27(26)20-21-11-5-2-6-12-21;5*1-2;/h2-18,24H,20H2,1H3;;;;;;. The van der Waals surface area contributed by atoms with E-state index in [0.29, 0.717) is 0 Å². The maximum Gasteiger partial charge on any atom is 0 e. The van der Waals surface area contributed by atoms with Gasteiger partial charge in [0, 0.05) is 28.8 Å². The van der Waals surface area contributed by atoms with Gasteiger partial charge in [-0.15, -0.1) is 18.2 Å². The molecule has 39 heavy (non-hydrogen) atoms. The van der Waals surface area contributed by atoms with Crippen LogP contribution in [-0.4, -0.2) is 17.6 Å². The van der Waals surface area contributed by atoms with Crippen molar-refractivity contribution in [3.8, 4) is 0 Å². The summed E-state index contributed by atoms with van der Waals surface area (Å²) in [5.74, 6) is 0.826. The van der Waals surface area contributed by atoms with E-state index in [9.17, 15) is 0 Å². The molecule has 194 valence electrons. The van der Waals surface area contributed by atoms with Crippen molar-refractivity contribution in [2.45, 2.75) is 12.5 Å². The fourth-order valence-corrected chi connectivity index (χ4v) is 3.50. The summed E-state index contributed by atoms with van der Waals surface area (Å²) in [7, 11) is 1.71. The zero-order chi connectivity index (χ0) is 29.2. The van der Waals surface area contributed by atoms with Gasteiger partial charge in [0.15, 0.2) is 12.7 Å². The van der Waals surface area contributed by atoms with Gasteiger partial charge < -0.3 is 4.74 Å². The van der Waals surface area contributed by atoms with E-state index in [4.69, 9.17) is 28.0 Å². The molecule has 0 fully saturated rings. The zero-order valence-corrected chi connectivity index (χ0v) is 22.2. The van der Waals surface area contributed by atoms with Crippen molar-refractivity contribution in [3.63, 3.8) is 0 Å². The summed E-state index contributed by atoms with van der Waals surface area (Å²) >= 11 is 0. The van der Waals surface area contributed by atoms with Crippen molar-refractivity contribution < 1.29 is 49.9 Å². The average molecular weight is 558 g/mol.